The lowest BCUT2D eigenvalue weighted by atomic mass is 9.94. The van der Waals surface area contributed by atoms with Gasteiger partial charge in [0.05, 0.1) is 5.60 Å². The summed E-state index contributed by atoms with van der Waals surface area (Å²) < 4.78 is 0. The fourth-order valence-electron chi connectivity index (χ4n) is 3.05. The van der Waals surface area contributed by atoms with Crippen molar-refractivity contribution in [1.29, 1.82) is 0 Å². The Labute approximate surface area is 75.2 Å². The molecule has 2 aliphatic rings. The van der Waals surface area contributed by atoms with Gasteiger partial charge in [0.25, 0.3) is 0 Å². The summed E-state index contributed by atoms with van der Waals surface area (Å²) in [4.78, 5) is 0. The van der Waals surface area contributed by atoms with Crippen molar-refractivity contribution in [2.24, 2.45) is 17.8 Å². The van der Waals surface area contributed by atoms with Gasteiger partial charge in [-0.25, -0.2) is 0 Å². The standard InChI is InChI=1S/C11H20O/c1-3-8(2)7-11(12)9-5-4-6-10(9)11/h8-10,12H,3-7H2,1-2H3. The fraction of sp³-hybridized carbons (Fsp3) is 1.00. The van der Waals surface area contributed by atoms with Crippen molar-refractivity contribution in [2.75, 3.05) is 0 Å². The molecule has 2 rings (SSSR count). The van der Waals surface area contributed by atoms with Crippen LogP contribution in [0.3, 0.4) is 0 Å². The number of fused-ring (bicyclic) bond motifs is 1. The molecule has 1 nitrogen and oxygen atoms in total. The van der Waals surface area contributed by atoms with Gasteiger partial charge in [-0.05, 0) is 37.0 Å². The predicted molar refractivity (Wildman–Crippen MR) is 49.9 cm³/mol. The van der Waals surface area contributed by atoms with Crippen molar-refractivity contribution < 1.29 is 5.11 Å². The molecule has 3 unspecified atom stereocenters. The van der Waals surface area contributed by atoms with E-state index in [1.807, 2.05) is 0 Å². The molecular formula is C11H20O. The minimum Gasteiger partial charge on any atom is -0.389 e. The van der Waals surface area contributed by atoms with Crippen LogP contribution >= 0.6 is 0 Å². The first-order valence-electron chi connectivity index (χ1n) is 5.41. The molecule has 2 aliphatic carbocycles. The van der Waals surface area contributed by atoms with Crippen molar-refractivity contribution in [2.45, 2.75) is 51.6 Å². The molecule has 0 saturated heterocycles. The lowest BCUT2D eigenvalue weighted by Crippen LogP contribution is -2.19. The minimum atomic E-state index is -0.215. The highest BCUT2D eigenvalue weighted by molar-refractivity contribution is 5.14. The maximum absolute atomic E-state index is 10.2. The lowest BCUT2D eigenvalue weighted by Gasteiger charge is -2.17. The second-order valence-corrected chi connectivity index (χ2v) is 4.85. The van der Waals surface area contributed by atoms with E-state index in [1.165, 1.54) is 25.7 Å². The largest absolute Gasteiger partial charge is 0.389 e. The van der Waals surface area contributed by atoms with Gasteiger partial charge in [-0.1, -0.05) is 26.7 Å². The van der Waals surface area contributed by atoms with Crippen LogP contribution in [0.25, 0.3) is 0 Å². The van der Waals surface area contributed by atoms with Crippen LogP contribution in [0.4, 0.5) is 0 Å². The van der Waals surface area contributed by atoms with E-state index in [9.17, 15) is 5.11 Å². The van der Waals surface area contributed by atoms with E-state index in [0.717, 1.165) is 6.42 Å². The predicted octanol–water partition coefficient (Wildman–Crippen LogP) is 2.58. The molecule has 0 aromatic heterocycles. The summed E-state index contributed by atoms with van der Waals surface area (Å²) in [5, 5.41) is 10.2. The Morgan fingerprint density at radius 3 is 2.50 bits per heavy atom. The Kier molecular flexibility index (Phi) is 1.95. The maximum Gasteiger partial charge on any atom is 0.0713 e. The Hall–Kier alpha value is -0.0400. The van der Waals surface area contributed by atoms with Gasteiger partial charge < -0.3 is 5.11 Å². The number of rotatable bonds is 3. The van der Waals surface area contributed by atoms with Crippen molar-refractivity contribution >= 4 is 0 Å². The van der Waals surface area contributed by atoms with E-state index < -0.39 is 0 Å². The second kappa shape index (κ2) is 2.73. The zero-order chi connectivity index (χ0) is 8.77. The molecule has 0 spiro atoms. The highest BCUT2D eigenvalue weighted by Crippen LogP contribution is 2.63. The Morgan fingerprint density at radius 1 is 1.42 bits per heavy atom. The van der Waals surface area contributed by atoms with Gasteiger partial charge in [0.1, 0.15) is 0 Å². The van der Waals surface area contributed by atoms with Crippen LogP contribution in [-0.4, -0.2) is 10.7 Å². The van der Waals surface area contributed by atoms with Crippen molar-refractivity contribution in [3.05, 3.63) is 0 Å². The van der Waals surface area contributed by atoms with Crippen LogP contribution in [0, 0.1) is 17.8 Å². The van der Waals surface area contributed by atoms with E-state index in [1.54, 1.807) is 0 Å². The van der Waals surface area contributed by atoms with E-state index in [4.69, 9.17) is 0 Å². The fourth-order valence-corrected chi connectivity index (χ4v) is 3.05. The Balaban J connectivity index is 1.89. The third-order valence-electron chi connectivity index (χ3n) is 4.06. The second-order valence-electron chi connectivity index (χ2n) is 4.85. The molecule has 1 heteroatoms. The highest BCUT2D eigenvalue weighted by atomic mass is 16.3. The molecule has 70 valence electrons. The van der Waals surface area contributed by atoms with E-state index in [2.05, 4.69) is 13.8 Å². The summed E-state index contributed by atoms with van der Waals surface area (Å²) in [5.41, 5.74) is -0.215. The molecule has 0 bridgehead atoms. The molecule has 3 atom stereocenters. The Morgan fingerprint density at radius 2 is 2.00 bits per heavy atom. The van der Waals surface area contributed by atoms with Crippen LogP contribution in [0.5, 0.6) is 0 Å². The molecule has 12 heavy (non-hydrogen) atoms. The zero-order valence-electron chi connectivity index (χ0n) is 8.21. The molecule has 0 aliphatic heterocycles. The molecule has 2 fully saturated rings. The van der Waals surface area contributed by atoms with E-state index in [0.29, 0.717) is 17.8 Å². The minimum absolute atomic E-state index is 0.215. The van der Waals surface area contributed by atoms with Gasteiger partial charge in [-0.3, -0.25) is 0 Å². The summed E-state index contributed by atoms with van der Waals surface area (Å²) in [6, 6.07) is 0. The maximum atomic E-state index is 10.2. The van der Waals surface area contributed by atoms with E-state index in [-0.39, 0.29) is 5.60 Å². The number of hydrogen-bond donors (Lipinski definition) is 1. The molecular weight excluding hydrogens is 148 g/mol. The summed E-state index contributed by atoms with van der Waals surface area (Å²) in [6.45, 7) is 4.47. The molecule has 0 aromatic rings. The van der Waals surface area contributed by atoms with Gasteiger partial charge in [-0.15, -0.1) is 0 Å². The van der Waals surface area contributed by atoms with Crippen molar-refractivity contribution in [3.8, 4) is 0 Å². The van der Waals surface area contributed by atoms with Crippen LogP contribution in [0.1, 0.15) is 46.0 Å². The highest BCUT2D eigenvalue weighted by Gasteiger charge is 2.64. The molecule has 1 N–H and O–H groups in total. The first kappa shape index (κ1) is 8.55. The summed E-state index contributed by atoms with van der Waals surface area (Å²) in [7, 11) is 0. The quantitative estimate of drug-likeness (QED) is 0.686. The average Bonchev–Trinajstić information content (AvgIpc) is 2.54. The van der Waals surface area contributed by atoms with Crippen LogP contribution in [0.2, 0.25) is 0 Å². The first-order valence-corrected chi connectivity index (χ1v) is 5.41. The van der Waals surface area contributed by atoms with Crippen LogP contribution in [0.15, 0.2) is 0 Å². The van der Waals surface area contributed by atoms with E-state index >= 15 is 0 Å². The number of hydrogen-bond acceptors (Lipinski definition) is 1. The summed E-state index contributed by atoms with van der Waals surface area (Å²) >= 11 is 0. The SMILES string of the molecule is CCC(C)CC1(O)C2CCCC21. The molecule has 0 radical (unpaired) electrons. The van der Waals surface area contributed by atoms with Crippen molar-refractivity contribution in [1.82, 2.24) is 0 Å². The van der Waals surface area contributed by atoms with Crippen molar-refractivity contribution in [3.63, 3.8) is 0 Å². The van der Waals surface area contributed by atoms with Crippen LogP contribution in [-0.2, 0) is 0 Å². The zero-order valence-corrected chi connectivity index (χ0v) is 8.21. The molecule has 0 amide bonds. The first-order chi connectivity index (χ1) is 5.68. The third kappa shape index (κ3) is 1.10. The molecule has 0 aromatic carbocycles. The summed E-state index contributed by atoms with van der Waals surface area (Å²) in [6.07, 6.45) is 6.20. The van der Waals surface area contributed by atoms with Gasteiger partial charge in [0.15, 0.2) is 0 Å². The van der Waals surface area contributed by atoms with Gasteiger partial charge >= 0.3 is 0 Å². The molecule has 2 saturated carbocycles. The lowest BCUT2D eigenvalue weighted by molar-refractivity contribution is 0.0798. The van der Waals surface area contributed by atoms with Gasteiger partial charge in [0.2, 0.25) is 0 Å². The normalized spacial score (nSPS) is 47.2. The average molecular weight is 168 g/mol. The van der Waals surface area contributed by atoms with Gasteiger partial charge in [0, 0.05) is 0 Å². The number of aliphatic hydroxyl groups is 1. The van der Waals surface area contributed by atoms with Crippen LogP contribution < -0.4 is 0 Å². The summed E-state index contributed by atoms with van der Waals surface area (Å²) in [5.74, 6) is 2.08. The topological polar surface area (TPSA) is 20.2 Å². The monoisotopic (exact) mass is 168 g/mol. The van der Waals surface area contributed by atoms with Gasteiger partial charge in [-0.2, -0.15) is 0 Å². The Bertz CT molecular complexity index is 166. The molecule has 0 heterocycles. The smallest absolute Gasteiger partial charge is 0.0713 e. The third-order valence-corrected chi connectivity index (χ3v) is 4.06.